The molecule has 1 aromatic heterocycles. The second kappa shape index (κ2) is 6.24. The van der Waals surface area contributed by atoms with E-state index in [0.717, 1.165) is 31.3 Å². The Morgan fingerprint density at radius 1 is 1.19 bits per heavy atom. The molecule has 3 nitrogen and oxygen atoms in total. The van der Waals surface area contributed by atoms with E-state index in [1.807, 2.05) is 18.4 Å². The fourth-order valence-corrected chi connectivity index (χ4v) is 2.38. The van der Waals surface area contributed by atoms with Crippen molar-refractivity contribution in [1.82, 2.24) is 9.55 Å². The van der Waals surface area contributed by atoms with E-state index in [0.29, 0.717) is 17.1 Å². The Hall–Kier alpha value is -1.91. The summed E-state index contributed by atoms with van der Waals surface area (Å²) in [6, 6.07) is 3.36. The van der Waals surface area contributed by atoms with Crippen molar-refractivity contribution in [3.63, 3.8) is 0 Å². The van der Waals surface area contributed by atoms with Crippen LogP contribution in [0.15, 0.2) is 18.2 Å². The molecule has 0 radical (unpaired) electrons. The van der Waals surface area contributed by atoms with Crippen molar-refractivity contribution in [2.24, 2.45) is 0 Å². The number of nitrogen functional groups attached to an aromatic ring is 1. The van der Waals surface area contributed by atoms with Gasteiger partial charge in [-0.05, 0) is 18.6 Å². The molecule has 0 bridgehead atoms. The van der Waals surface area contributed by atoms with Crippen LogP contribution in [0.1, 0.15) is 45.4 Å². The van der Waals surface area contributed by atoms with Gasteiger partial charge in [-0.15, -0.1) is 0 Å². The van der Waals surface area contributed by atoms with Crippen molar-refractivity contribution in [2.75, 3.05) is 5.73 Å². The molecule has 21 heavy (non-hydrogen) atoms. The number of unbranched alkanes of at least 4 members (excludes halogenated alkanes) is 1. The van der Waals surface area contributed by atoms with E-state index in [1.54, 1.807) is 0 Å². The maximum absolute atomic E-state index is 13.4. The van der Waals surface area contributed by atoms with Gasteiger partial charge >= 0.3 is 0 Å². The standard InChI is InChI=1S/C16H21F2N3/c1-4-5-6-21-15(19)14(20-16(21)10(2)3)11-7-12(17)9-13(18)8-11/h7-10H,4-6,19H2,1-3H3. The highest BCUT2D eigenvalue weighted by molar-refractivity contribution is 5.71. The van der Waals surface area contributed by atoms with Gasteiger partial charge in [-0.3, -0.25) is 0 Å². The first-order chi connectivity index (χ1) is 9.93. The molecule has 1 aromatic carbocycles. The average Bonchev–Trinajstić information content (AvgIpc) is 2.72. The zero-order chi connectivity index (χ0) is 15.6. The highest BCUT2D eigenvalue weighted by atomic mass is 19.1. The molecular formula is C16H21F2N3. The molecule has 2 rings (SSSR count). The van der Waals surface area contributed by atoms with E-state index in [1.165, 1.54) is 12.1 Å². The normalized spacial score (nSPS) is 11.3. The van der Waals surface area contributed by atoms with Gasteiger partial charge in [-0.1, -0.05) is 27.2 Å². The summed E-state index contributed by atoms with van der Waals surface area (Å²) >= 11 is 0. The second-order valence-corrected chi connectivity index (χ2v) is 5.52. The zero-order valence-corrected chi connectivity index (χ0v) is 12.7. The smallest absolute Gasteiger partial charge is 0.131 e. The highest BCUT2D eigenvalue weighted by Crippen LogP contribution is 2.30. The minimum absolute atomic E-state index is 0.191. The van der Waals surface area contributed by atoms with E-state index < -0.39 is 11.6 Å². The summed E-state index contributed by atoms with van der Waals surface area (Å²) in [5.41, 5.74) is 7.00. The van der Waals surface area contributed by atoms with Crippen molar-refractivity contribution < 1.29 is 8.78 Å². The Balaban J connectivity index is 2.53. The van der Waals surface area contributed by atoms with Crippen LogP contribution in [0.3, 0.4) is 0 Å². The molecule has 0 amide bonds. The first kappa shape index (κ1) is 15.5. The molecule has 114 valence electrons. The Morgan fingerprint density at radius 2 is 1.81 bits per heavy atom. The molecule has 0 saturated carbocycles. The molecule has 0 aliphatic carbocycles. The van der Waals surface area contributed by atoms with Crippen LogP contribution in [0, 0.1) is 11.6 Å². The van der Waals surface area contributed by atoms with Crippen LogP contribution >= 0.6 is 0 Å². The second-order valence-electron chi connectivity index (χ2n) is 5.52. The SMILES string of the molecule is CCCCn1c(C(C)C)nc(-c2cc(F)cc(F)c2)c1N. The van der Waals surface area contributed by atoms with E-state index in [9.17, 15) is 8.78 Å². The van der Waals surface area contributed by atoms with Gasteiger partial charge in [-0.25, -0.2) is 13.8 Å². The number of hydrogen-bond donors (Lipinski definition) is 1. The Morgan fingerprint density at radius 3 is 2.33 bits per heavy atom. The summed E-state index contributed by atoms with van der Waals surface area (Å²) in [7, 11) is 0. The Labute approximate surface area is 123 Å². The van der Waals surface area contributed by atoms with Crippen LogP contribution in [-0.4, -0.2) is 9.55 Å². The molecular weight excluding hydrogens is 272 g/mol. The molecule has 2 N–H and O–H groups in total. The van der Waals surface area contributed by atoms with Crippen molar-refractivity contribution >= 4 is 5.82 Å². The molecule has 0 aliphatic heterocycles. The monoisotopic (exact) mass is 293 g/mol. The molecule has 5 heteroatoms. The summed E-state index contributed by atoms with van der Waals surface area (Å²) in [5.74, 6) is 0.256. The lowest BCUT2D eigenvalue weighted by atomic mass is 10.1. The molecule has 0 saturated heterocycles. The van der Waals surface area contributed by atoms with Crippen molar-refractivity contribution in [2.45, 2.75) is 46.1 Å². The molecule has 0 fully saturated rings. The number of nitrogens with two attached hydrogens (primary N) is 1. The minimum Gasteiger partial charge on any atom is -0.383 e. The van der Waals surface area contributed by atoms with Gasteiger partial charge in [0, 0.05) is 24.1 Å². The van der Waals surface area contributed by atoms with Gasteiger partial charge in [0.2, 0.25) is 0 Å². The minimum atomic E-state index is -0.626. The van der Waals surface area contributed by atoms with Gasteiger partial charge in [0.1, 0.15) is 29.0 Å². The van der Waals surface area contributed by atoms with Crippen LogP contribution in [0.5, 0.6) is 0 Å². The molecule has 0 atom stereocenters. The number of benzene rings is 1. The number of nitrogens with zero attached hydrogens (tertiary/aromatic N) is 2. The number of hydrogen-bond acceptors (Lipinski definition) is 2. The average molecular weight is 293 g/mol. The molecule has 0 unspecified atom stereocenters. The lowest BCUT2D eigenvalue weighted by Gasteiger charge is -2.11. The molecule has 0 aliphatic rings. The summed E-state index contributed by atoms with van der Waals surface area (Å²) < 4.78 is 28.7. The van der Waals surface area contributed by atoms with Gasteiger partial charge in [-0.2, -0.15) is 0 Å². The number of aromatic nitrogens is 2. The summed E-state index contributed by atoms with van der Waals surface area (Å²) in [5, 5.41) is 0. The third-order valence-corrected chi connectivity index (χ3v) is 3.42. The van der Waals surface area contributed by atoms with Crippen LogP contribution < -0.4 is 5.73 Å². The van der Waals surface area contributed by atoms with E-state index in [2.05, 4.69) is 11.9 Å². The predicted octanol–water partition coefficient (Wildman–Crippen LogP) is 4.33. The maximum Gasteiger partial charge on any atom is 0.131 e. The number of anilines is 1. The molecule has 2 aromatic rings. The van der Waals surface area contributed by atoms with Crippen LogP contribution in [0.25, 0.3) is 11.3 Å². The third-order valence-electron chi connectivity index (χ3n) is 3.42. The highest BCUT2D eigenvalue weighted by Gasteiger charge is 2.18. The van der Waals surface area contributed by atoms with Crippen molar-refractivity contribution in [3.05, 3.63) is 35.7 Å². The van der Waals surface area contributed by atoms with Gasteiger partial charge in [0.15, 0.2) is 0 Å². The predicted molar refractivity (Wildman–Crippen MR) is 81.0 cm³/mol. The number of rotatable bonds is 5. The van der Waals surface area contributed by atoms with E-state index in [4.69, 9.17) is 5.73 Å². The van der Waals surface area contributed by atoms with Crippen LogP contribution in [0.4, 0.5) is 14.6 Å². The maximum atomic E-state index is 13.4. The fraction of sp³-hybridized carbons (Fsp3) is 0.438. The molecule has 0 spiro atoms. The number of imidazole rings is 1. The van der Waals surface area contributed by atoms with Gasteiger partial charge < -0.3 is 10.3 Å². The lowest BCUT2D eigenvalue weighted by molar-refractivity contribution is 0.584. The van der Waals surface area contributed by atoms with Crippen molar-refractivity contribution in [1.29, 1.82) is 0 Å². The topological polar surface area (TPSA) is 43.8 Å². The first-order valence-electron chi connectivity index (χ1n) is 7.26. The summed E-state index contributed by atoms with van der Waals surface area (Å²) in [4.78, 5) is 4.52. The van der Waals surface area contributed by atoms with Gasteiger partial charge in [0.05, 0.1) is 0 Å². The van der Waals surface area contributed by atoms with E-state index >= 15 is 0 Å². The van der Waals surface area contributed by atoms with E-state index in [-0.39, 0.29) is 5.92 Å². The summed E-state index contributed by atoms with van der Waals surface area (Å²) in [6.45, 7) is 6.92. The Bertz CT molecular complexity index is 612. The van der Waals surface area contributed by atoms with Crippen LogP contribution in [-0.2, 0) is 6.54 Å². The largest absolute Gasteiger partial charge is 0.383 e. The third kappa shape index (κ3) is 3.23. The van der Waals surface area contributed by atoms with Crippen LogP contribution in [0.2, 0.25) is 0 Å². The summed E-state index contributed by atoms with van der Waals surface area (Å²) in [6.07, 6.45) is 2.02. The Kier molecular flexibility index (Phi) is 4.60. The zero-order valence-electron chi connectivity index (χ0n) is 12.7. The molecule has 1 heterocycles. The fourth-order valence-electron chi connectivity index (χ4n) is 2.38. The quantitative estimate of drug-likeness (QED) is 0.891. The van der Waals surface area contributed by atoms with Crippen molar-refractivity contribution in [3.8, 4) is 11.3 Å². The number of halogens is 2. The van der Waals surface area contributed by atoms with Gasteiger partial charge in [0.25, 0.3) is 0 Å². The first-order valence-corrected chi connectivity index (χ1v) is 7.26. The lowest BCUT2D eigenvalue weighted by Crippen LogP contribution is -2.08.